The number of carbonyl (C=O) groups is 3. The summed E-state index contributed by atoms with van der Waals surface area (Å²) in [5.41, 5.74) is 0.591. The van der Waals surface area contributed by atoms with E-state index in [2.05, 4.69) is 0 Å². The number of carboxylic acids is 1. The number of rotatable bonds is 4. The smallest absolute Gasteiger partial charge is 0.335 e. The maximum Gasteiger partial charge on any atom is 0.335 e. The molecule has 1 saturated heterocycles. The number of amides is 2. The van der Waals surface area contributed by atoms with E-state index < -0.39 is 5.97 Å². The molecule has 1 N–H and O–H groups in total. The maximum atomic E-state index is 12.3. The van der Waals surface area contributed by atoms with Crippen LogP contribution < -0.4 is 0 Å². The first-order chi connectivity index (χ1) is 10.5. The van der Waals surface area contributed by atoms with Crippen LogP contribution in [0.4, 0.5) is 0 Å². The van der Waals surface area contributed by atoms with E-state index in [9.17, 15) is 14.4 Å². The molecule has 0 unspecified atom stereocenters. The fourth-order valence-corrected chi connectivity index (χ4v) is 2.31. The fourth-order valence-electron chi connectivity index (χ4n) is 2.31. The van der Waals surface area contributed by atoms with Crippen molar-refractivity contribution in [3.05, 3.63) is 35.4 Å². The van der Waals surface area contributed by atoms with Gasteiger partial charge in [0.2, 0.25) is 5.91 Å². The number of methoxy groups -OCH3 is 1. The van der Waals surface area contributed by atoms with Crippen LogP contribution in [0.5, 0.6) is 0 Å². The molecule has 1 fully saturated rings. The summed E-state index contributed by atoms with van der Waals surface area (Å²) in [5, 5.41) is 8.84. The zero-order chi connectivity index (χ0) is 16.1. The first-order valence-corrected chi connectivity index (χ1v) is 6.92. The van der Waals surface area contributed by atoms with Crippen molar-refractivity contribution in [3.8, 4) is 0 Å². The van der Waals surface area contributed by atoms with E-state index >= 15 is 0 Å². The Labute approximate surface area is 128 Å². The second-order valence-corrected chi connectivity index (χ2v) is 4.99. The van der Waals surface area contributed by atoms with Gasteiger partial charge in [0.05, 0.1) is 5.56 Å². The molecule has 118 valence electrons. The van der Waals surface area contributed by atoms with E-state index in [0.717, 1.165) is 0 Å². The predicted octanol–water partition coefficient (Wildman–Crippen LogP) is 0.316. The molecule has 22 heavy (non-hydrogen) atoms. The highest BCUT2D eigenvalue weighted by molar-refractivity contribution is 5.96. The number of carboxylic acid groups (broad SMARTS) is 1. The predicted molar refractivity (Wildman–Crippen MR) is 77.8 cm³/mol. The molecule has 0 spiro atoms. The minimum absolute atomic E-state index is 0.0462. The second kappa shape index (κ2) is 7.04. The van der Waals surface area contributed by atoms with Crippen LogP contribution in [0, 0.1) is 0 Å². The molecule has 7 nitrogen and oxygen atoms in total. The summed E-state index contributed by atoms with van der Waals surface area (Å²) in [6.07, 6.45) is 0. The monoisotopic (exact) mass is 306 g/mol. The number of piperazine rings is 1. The Hall–Kier alpha value is -2.41. The molecule has 0 radical (unpaired) electrons. The van der Waals surface area contributed by atoms with Crippen molar-refractivity contribution in [3.63, 3.8) is 0 Å². The highest BCUT2D eigenvalue weighted by Crippen LogP contribution is 2.11. The lowest BCUT2D eigenvalue weighted by Crippen LogP contribution is -2.51. The summed E-state index contributed by atoms with van der Waals surface area (Å²) in [7, 11) is 1.47. The highest BCUT2D eigenvalue weighted by atomic mass is 16.5. The Balaban J connectivity index is 1.94. The van der Waals surface area contributed by atoms with Crippen LogP contribution in [0.25, 0.3) is 0 Å². The van der Waals surface area contributed by atoms with Gasteiger partial charge in [-0.3, -0.25) is 9.59 Å². The number of hydrogen-bond acceptors (Lipinski definition) is 4. The molecule has 1 aliphatic rings. The van der Waals surface area contributed by atoms with E-state index in [-0.39, 0.29) is 24.0 Å². The highest BCUT2D eigenvalue weighted by Gasteiger charge is 2.24. The SMILES string of the molecule is COCC(=O)N1CCN(C(=O)c2ccc(C(=O)O)cc2)CC1. The molecular formula is C15H18N2O5. The molecule has 1 heterocycles. The van der Waals surface area contributed by atoms with Crippen LogP contribution in [0.15, 0.2) is 24.3 Å². The van der Waals surface area contributed by atoms with Gasteiger partial charge in [-0.25, -0.2) is 4.79 Å². The summed E-state index contributed by atoms with van der Waals surface area (Å²) in [5.74, 6) is -1.26. The van der Waals surface area contributed by atoms with Gasteiger partial charge in [-0.05, 0) is 24.3 Å². The molecule has 0 atom stereocenters. The minimum atomic E-state index is -1.02. The van der Waals surface area contributed by atoms with Crippen molar-refractivity contribution < 1.29 is 24.2 Å². The largest absolute Gasteiger partial charge is 0.478 e. The van der Waals surface area contributed by atoms with Crippen LogP contribution in [-0.4, -0.2) is 72.6 Å². The first kappa shape index (κ1) is 16.0. The zero-order valence-electron chi connectivity index (χ0n) is 12.3. The third-order valence-electron chi connectivity index (χ3n) is 3.57. The molecule has 0 bridgehead atoms. The maximum absolute atomic E-state index is 12.3. The number of carbonyl (C=O) groups excluding carboxylic acids is 2. The average Bonchev–Trinajstić information content (AvgIpc) is 2.54. The number of nitrogens with zero attached hydrogens (tertiary/aromatic N) is 2. The van der Waals surface area contributed by atoms with Gasteiger partial charge in [-0.15, -0.1) is 0 Å². The first-order valence-electron chi connectivity index (χ1n) is 6.92. The Morgan fingerprint density at radius 3 is 2.00 bits per heavy atom. The molecule has 1 aliphatic heterocycles. The van der Waals surface area contributed by atoms with Crippen molar-refractivity contribution in [2.45, 2.75) is 0 Å². The van der Waals surface area contributed by atoms with E-state index in [1.807, 2.05) is 0 Å². The van der Waals surface area contributed by atoms with E-state index in [4.69, 9.17) is 9.84 Å². The van der Waals surface area contributed by atoms with Gasteiger partial charge in [0, 0.05) is 38.9 Å². The van der Waals surface area contributed by atoms with Gasteiger partial charge < -0.3 is 19.6 Å². The Morgan fingerprint density at radius 1 is 1.00 bits per heavy atom. The third kappa shape index (κ3) is 3.62. The summed E-state index contributed by atoms with van der Waals surface area (Å²) in [6, 6.07) is 5.84. The van der Waals surface area contributed by atoms with Crippen molar-refractivity contribution >= 4 is 17.8 Å². The minimum Gasteiger partial charge on any atom is -0.478 e. The topological polar surface area (TPSA) is 87.2 Å². The van der Waals surface area contributed by atoms with Crippen LogP contribution >= 0.6 is 0 Å². The average molecular weight is 306 g/mol. The van der Waals surface area contributed by atoms with Gasteiger partial charge in [0.25, 0.3) is 5.91 Å². The summed E-state index contributed by atoms with van der Waals surface area (Å²) < 4.78 is 4.81. The number of ether oxygens (including phenoxy) is 1. The standard InChI is InChI=1S/C15H18N2O5/c1-22-10-13(18)16-6-8-17(9-7-16)14(19)11-2-4-12(5-3-11)15(20)21/h2-5H,6-10H2,1H3,(H,20,21). The lowest BCUT2D eigenvalue weighted by Gasteiger charge is -2.34. The van der Waals surface area contributed by atoms with Crippen LogP contribution in [0.2, 0.25) is 0 Å². The number of hydrogen-bond donors (Lipinski definition) is 1. The van der Waals surface area contributed by atoms with Crippen molar-refractivity contribution in [1.82, 2.24) is 9.80 Å². The van der Waals surface area contributed by atoms with Gasteiger partial charge >= 0.3 is 5.97 Å². The molecule has 1 aromatic carbocycles. The van der Waals surface area contributed by atoms with Crippen molar-refractivity contribution in [1.29, 1.82) is 0 Å². The van der Waals surface area contributed by atoms with E-state index in [0.29, 0.717) is 31.7 Å². The van der Waals surface area contributed by atoms with Gasteiger partial charge in [0.1, 0.15) is 6.61 Å². The van der Waals surface area contributed by atoms with Crippen molar-refractivity contribution in [2.75, 3.05) is 39.9 Å². The summed E-state index contributed by atoms with van der Waals surface area (Å²) in [6.45, 7) is 1.90. The van der Waals surface area contributed by atoms with Crippen LogP contribution in [0.3, 0.4) is 0 Å². The Kier molecular flexibility index (Phi) is 5.11. The Bertz CT molecular complexity index is 562. The van der Waals surface area contributed by atoms with Crippen LogP contribution in [-0.2, 0) is 9.53 Å². The van der Waals surface area contributed by atoms with Crippen molar-refractivity contribution in [2.24, 2.45) is 0 Å². The van der Waals surface area contributed by atoms with Gasteiger partial charge in [-0.1, -0.05) is 0 Å². The van der Waals surface area contributed by atoms with Crippen LogP contribution in [0.1, 0.15) is 20.7 Å². The van der Waals surface area contributed by atoms with E-state index in [1.165, 1.54) is 31.4 Å². The van der Waals surface area contributed by atoms with Gasteiger partial charge in [0.15, 0.2) is 0 Å². The molecule has 1 aromatic rings. The fraction of sp³-hybridized carbons (Fsp3) is 0.400. The molecule has 0 saturated carbocycles. The normalized spacial score (nSPS) is 14.8. The molecular weight excluding hydrogens is 288 g/mol. The lowest BCUT2D eigenvalue weighted by atomic mass is 10.1. The second-order valence-electron chi connectivity index (χ2n) is 4.99. The summed E-state index contributed by atoms with van der Waals surface area (Å²) >= 11 is 0. The molecule has 0 aliphatic carbocycles. The molecule has 0 aromatic heterocycles. The zero-order valence-corrected chi connectivity index (χ0v) is 12.3. The van der Waals surface area contributed by atoms with Gasteiger partial charge in [-0.2, -0.15) is 0 Å². The number of benzene rings is 1. The molecule has 2 amide bonds. The quantitative estimate of drug-likeness (QED) is 0.865. The molecule has 7 heteroatoms. The van der Waals surface area contributed by atoms with E-state index in [1.54, 1.807) is 9.80 Å². The third-order valence-corrected chi connectivity index (χ3v) is 3.57. The number of aromatic carboxylic acids is 1. The molecule has 2 rings (SSSR count). The summed E-state index contributed by atoms with van der Waals surface area (Å²) in [4.78, 5) is 38.1. The lowest BCUT2D eigenvalue weighted by molar-refractivity contribution is -0.136. The Morgan fingerprint density at radius 2 is 1.50 bits per heavy atom.